The molecule has 1 fully saturated rings. The molecule has 0 amide bonds. The van der Waals surface area contributed by atoms with E-state index in [4.69, 9.17) is 4.42 Å². The van der Waals surface area contributed by atoms with Crippen molar-refractivity contribution < 1.29 is 12.8 Å². The van der Waals surface area contributed by atoms with Crippen LogP contribution in [0.2, 0.25) is 0 Å². The summed E-state index contributed by atoms with van der Waals surface area (Å²) in [4.78, 5) is 2.27. The van der Waals surface area contributed by atoms with Gasteiger partial charge >= 0.3 is 0 Å². The lowest BCUT2D eigenvalue weighted by atomic mass is 10.1. The van der Waals surface area contributed by atoms with Crippen LogP contribution < -0.4 is 4.72 Å². The third-order valence-corrected chi connectivity index (χ3v) is 4.16. The third kappa shape index (κ3) is 4.38. The van der Waals surface area contributed by atoms with Crippen molar-refractivity contribution in [3.8, 4) is 0 Å². The Labute approximate surface area is 116 Å². The molecule has 0 aliphatic carbocycles. The van der Waals surface area contributed by atoms with E-state index in [0.29, 0.717) is 0 Å². The molecule has 18 heavy (non-hydrogen) atoms. The van der Waals surface area contributed by atoms with Crippen molar-refractivity contribution in [1.82, 2.24) is 9.62 Å². The van der Waals surface area contributed by atoms with Gasteiger partial charge in [0.05, 0.1) is 12.8 Å². The molecule has 2 rings (SSSR count). The van der Waals surface area contributed by atoms with E-state index in [-0.39, 0.29) is 6.04 Å². The van der Waals surface area contributed by atoms with Crippen molar-refractivity contribution in [2.24, 2.45) is 0 Å². The Morgan fingerprint density at radius 1 is 1.44 bits per heavy atom. The minimum Gasteiger partial charge on any atom is -0.453 e. The average Bonchev–Trinajstić information content (AvgIpc) is 2.65. The van der Waals surface area contributed by atoms with Crippen LogP contribution in [0.5, 0.6) is 0 Å². The zero-order valence-corrected chi connectivity index (χ0v) is 12.6. The van der Waals surface area contributed by atoms with E-state index in [1.54, 1.807) is 0 Å². The van der Waals surface area contributed by atoms with E-state index in [2.05, 4.69) is 25.6 Å². The van der Waals surface area contributed by atoms with Crippen LogP contribution in [0.15, 0.2) is 21.2 Å². The first-order valence-corrected chi connectivity index (χ1v) is 8.55. The highest BCUT2D eigenvalue weighted by Crippen LogP contribution is 2.18. The van der Waals surface area contributed by atoms with E-state index in [1.165, 1.54) is 6.26 Å². The van der Waals surface area contributed by atoms with Crippen molar-refractivity contribution in [2.75, 3.05) is 19.3 Å². The van der Waals surface area contributed by atoms with E-state index in [1.807, 2.05) is 12.1 Å². The lowest BCUT2D eigenvalue weighted by Gasteiger charge is -2.31. The van der Waals surface area contributed by atoms with Gasteiger partial charge in [0.25, 0.3) is 0 Å². The second-order valence-corrected chi connectivity index (χ2v) is 7.21. The van der Waals surface area contributed by atoms with Crippen LogP contribution in [0.1, 0.15) is 18.6 Å². The van der Waals surface area contributed by atoms with Crippen LogP contribution in [0.25, 0.3) is 0 Å². The molecule has 5 nitrogen and oxygen atoms in total. The van der Waals surface area contributed by atoms with Gasteiger partial charge in [-0.25, -0.2) is 13.1 Å². The number of sulfonamides is 1. The van der Waals surface area contributed by atoms with Crippen molar-refractivity contribution in [1.29, 1.82) is 0 Å². The fourth-order valence-electron chi connectivity index (χ4n) is 2.17. The number of nitrogens with zero attached hydrogens (tertiary/aromatic N) is 1. The summed E-state index contributed by atoms with van der Waals surface area (Å²) < 4.78 is 31.1. The summed E-state index contributed by atoms with van der Waals surface area (Å²) in [5.74, 6) is 0.927. The molecule has 1 aliphatic rings. The largest absolute Gasteiger partial charge is 0.453 e. The van der Waals surface area contributed by atoms with Gasteiger partial charge in [0.1, 0.15) is 5.76 Å². The normalized spacial score (nSPS) is 19.2. The molecular formula is C11H17BrN2O3S. The van der Waals surface area contributed by atoms with Crippen LogP contribution in [-0.2, 0) is 16.6 Å². The molecule has 1 aliphatic heterocycles. The number of likely N-dealkylation sites (tertiary alicyclic amines) is 1. The third-order valence-electron chi connectivity index (χ3n) is 2.98. The molecular weight excluding hydrogens is 320 g/mol. The standard InChI is InChI=1S/C11H17BrN2O3S/c1-18(15,16)13-9-4-6-14(7-5-9)8-10-2-3-11(12)17-10/h2-3,9,13H,4-8H2,1H3. The van der Waals surface area contributed by atoms with Crippen molar-refractivity contribution in [2.45, 2.75) is 25.4 Å². The molecule has 0 atom stereocenters. The van der Waals surface area contributed by atoms with Gasteiger partial charge in [0, 0.05) is 19.1 Å². The maximum atomic E-state index is 11.1. The van der Waals surface area contributed by atoms with Gasteiger partial charge in [-0.15, -0.1) is 0 Å². The minimum atomic E-state index is -3.09. The Morgan fingerprint density at radius 2 is 2.11 bits per heavy atom. The molecule has 0 unspecified atom stereocenters. The Kier molecular flexibility index (Phi) is 4.47. The summed E-state index contributed by atoms with van der Waals surface area (Å²) in [5.41, 5.74) is 0. The molecule has 1 N–H and O–H groups in total. The van der Waals surface area contributed by atoms with E-state index >= 15 is 0 Å². The van der Waals surface area contributed by atoms with Crippen LogP contribution in [0, 0.1) is 0 Å². The van der Waals surface area contributed by atoms with Gasteiger partial charge in [-0.2, -0.15) is 0 Å². The number of nitrogens with one attached hydrogen (secondary N) is 1. The summed E-state index contributed by atoms with van der Waals surface area (Å²) in [6, 6.07) is 3.90. The summed E-state index contributed by atoms with van der Waals surface area (Å²) in [5, 5.41) is 0. The van der Waals surface area contributed by atoms with Crippen molar-refractivity contribution >= 4 is 26.0 Å². The second kappa shape index (κ2) is 5.73. The number of piperidine rings is 1. The molecule has 0 aromatic carbocycles. The fourth-order valence-corrected chi connectivity index (χ4v) is 3.35. The smallest absolute Gasteiger partial charge is 0.208 e. The molecule has 1 saturated heterocycles. The Balaban J connectivity index is 1.80. The maximum absolute atomic E-state index is 11.1. The molecule has 1 aromatic rings. The number of rotatable bonds is 4. The Morgan fingerprint density at radius 3 is 2.61 bits per heavy atom. The van der Waals surface area contributed by atoms with E-state index in [0.717, 1.165) is 42.9 Å². The second-order valence-electron chi connectivity index (χ2n) is 4.65. The average molecular weight is 337 g/mol. The predicted molar refractivity (Wildman–Crippen MR) is 72.7 cm³/mol. The SMILES string of the molecule is CS(=O)(=O)NC1CCN(Cc2ccc(Br)o2)CC1. The lowest BCUT2D eigenvalue weighted by Crippen LogP contribution is -2.43. The van der Waals surface area contributed by atoms with Crippen LogP contribution in [0.4, 0.5) is 0 Å². The van der Waals surface area contributed by atoms with E-state index in [9.17, 15) is 8.42 Å². The molecule has 0 radical (unpaired) electrons. The molecule has 1 aromatic heterocycles. The van der Waals surface area contributed by atoms with Gasteiger partial charge in [-0.05, 0) is 40.9 Å². The summed E-state index contributed by atoms with van der Waals surface area (Å²) >= 11 is 3.28. The number of furan rings is 1. The highest BCUT2D eigenvalue weighted by Gasteiger charge is 2.22. The van der Waals surface area contributed by atoms with Gasteiger partial charge in [0.2, 0.25) is 10.0 Å². The van der Waals surface area contributed by atoms with Gasteiger partial charge < -0.3 is 4.42 Å². The fraction of sp³-hybridized carbons (Fsp3) is 0.636. The first kappa shape index (κ1) is 14.0. The van der Waals surface area contributed by atoms with Gasteiger partial charge in [-0.3, -0.25) is 4.90 Å². The molecule has 0 saturated carbocycles. The van der Waals surface area contributed by atoms with E-state index < -0.39 is 10.0 Å². The lowest BCUT2D eigenvalue weighted by molar-refractivity contribution is 0.186. The minimum absolute atomic E-state index is 0.0691. The number of hydrogen-bond acceptors (Lipinski definition) is 4. The highest BCUT2D eigenvalue weighted by atomic mass is 79.9. The van der Waals surface area contributed by atoms with Crippen LogP contribution in [0.3, 0.4) is 0 Å². The van der Waals surface area contributed by atoms with Crippen molar-refractivity contribution in [3.63, 3.8) is 0 Å². The molecule has 0 spiro atoms. The summed E-state index contributed by atoms with van der Waals surface area (Å²) in [7, 11) is -3.09. The Hall–Kier alpha value is -0.370. The van der Waals surface area contributed by atoms with Gasteiger partial charge in [-0.1, -0.05) is 0 Å². The summed E-state index contributed by atoms with van der Waals surface area (Å²) in [6.45, 7) is 2.54. The topological polar surface area (TPSA) is 62.6 Å². The molecule has 0 bridgehead atoms. The molecule has 102 valence electrons. The predicted octanol–water partition coefficient (Wildman–Crippen LogP) is 1.56. The first-order valence-electron chi connectivity index (χ1n) is 5.86. The number of halogens is 1. The zero-order chi connectivity index (χ0) is 13.2. The van der Waals surface area contributed by atoms with Crippen LogP contribution in [-0.4, -0.2) is 38.7 Å². The summed E-state index contributed by atoms with van der Waals surface area (Å²) in [6.07, 6.45) is 2.89. The highest BCUT2D eigenvalue weighted by molar-refractivity contribution is 9.10. The maximum Gasteiger partial charge on any atom is 0.208 e. The quantitative estimate of drug-likeness (QED) is 0.906. The monoisotopic (exact) mass is 336 g/mol. The molecule has 2 heterocycles. The Bertz CT molecular complexity index is 492. The number of hydrogen-bond donors (Lipinski definition) is 1. The zero-order valence-electron chi connectivity index (χ0n) is 10.2. The van der Waals surface area contributed by atoms with Crippen molar-refractivity contribution in [3.05, 3.63) is 22.6 Å². The van der Waals surface area contributed by atoms with Gasteiger partial charge in [0.15, 0.2) is 4.67 Å². The van der Waals surface area contributed by atoms with Crippen LogP contribution >= 0.6 is 15.9 Å². The molecule has 7 heteroatoms. The first-order chi connectivity index (χ1) is 8.42.